The Bertz CT molecular complexity index is 945. The number of urea groups is 1. The van der Waals surface area contributed by atoms with Crippen molar-refractivity contribution in [2.45, 2.75) is 12.0 Å². The van der Waals surface area contributed by atoms with Crippen molar-refractivity contribution in [2.24, 2.45) is 0 Å². The van der Waals surface area contributed by atoms with Crippen LogP contribution in [0.15, 0.2) is 53.7 Å². The molecular weight excluding hydrogens is 391 g/mol. The minimum atomic E-state index is -4.77. The first-order valence-corrected chi connectivity index (χ1v) is 9.14. The Balaban J connectivity index is 0.00000243. The van der Waals surface area contributed by atoms with Crippen molar-refractivity contribution in [2.75, 3.05) is 6.73 Å². The van der Waals surface area contributed by atoms with E-state index in [0.29, 0.717) is 0 Å². The number of hydrogen-bond donors (Lipinski definition) is 1. The first-order chi connectivity index (χ1) is 11.9. The molecule has 1 aliphatic rings. The van der Waals surface area contributed by atoms with Gasteiger partial charge in [0, 0.05) is 6.20 Å². The molecule has 2 aromatic rings. The SMILES string of the molecule is O=C1NC(S(=O)(=O)[O-])C(Cl)=CN1COCc1cccc2ccccc12.[Na+]. The van der Waals surface area contributed by atoms with E-state index < -0.39 is 21.5 Å². The van der Waals surface area contributed by atoms with Gasteiger partial charge in [0.05, 0.1) is 11.6 Å². The molecule has 0 fully saturated rings. The zero-order chi connectivity index (χ0) is 18.0. The first kappa shape index (κ1) is 21.2. The maximum Gasteiger partial charge on any atom is 1.00 e. The Morgan fingerprint density at radius 3 is 2.62 bits per heavy atom. The van der Waals surface area contributed by atoms with Gasteiger partial charge in [0.2, 0.25) is 0 Å². The van der Waals surface area contributed by atoms with Crippen LogP contribution in [0, 0.1) is 0 Å². The van der Waals surface area contributed by atoms with Crippen LogP contribution in [0.1, 0.15) is 5.56 Å². The van der Waals surface area contributed by atoms with E-state index in [1.165, 1.54) is 0 Å². The fourth-order valence-corrected chi connectivity index (χ4v) is 3.60. The quantitative estimate of drug-likeness (QED) is 0.524. The van der Waals surface area contributed by atoms with Gasteiger partial charge in [-0.1, -0.05) is 54.1 Å². The third-order valence-corrected chi connectivity index (χ3v) is 5.10. The first-order valence-electron chi connectivity index (χ1n) is 7.30. The molecule has 7 nitrogen and oxygen atoms in total. The Morgan fingerprint density at radius 2 is 1.88 bits per heavy atom. The molecule has 26 heavy (non-hydrogen) atoms. The van der Waals surface area contributed by atoms with Gasteiger partial charge in [-0.25, -0.2) is 13.2 Å². The number of carbonyl (C=O) groups is 1. The van der Waals surface area contributed by atoms with Gasteiger partial charge in [0.15, 0.2) is 5.37 Å². The normalized spacial score (nSPS) is 17.5. The molecule has 2 amide bonds. The molecule has 3 rings (SSSR count). The van der Waals surface area contributed by atoms with E-state index in [9.17, 15) is 17.8 Å². The number of hydrogen-bond acceptors (Lipinski definition) is 5. The summed E-state index contributed by atoms with van der Waals surface area (Å²) in [7, 11) is -4.77. The van der Waals surface area contributed by atoms with E-state index in [1.807, 2.05) is 47.8 Å². The summed E-state index contributed by atoms with van der Waals surface area (Å²) in [6.45, 7) is 0.108. The second-order valence-corrected chi connectivity index (χ2v) is 7.32. The molecule has 1 aliphatic heterocycles. The molecule has 0 aromatic heterocycles. The van der Waals surface area contributed by atoms with Crippen molar-refractivity contribution in [3.63, 3.8) is 0 Å². The van der Waals surface area contributed by atoms with E-state index in [4.69, 9.17) is 16.3 Å². The van der Waals surface area contributed by atoms with Crippen molar-refractivity contribution >= 4 is 38.5 Å². The number of nitrogens with one attached hydrogen (secondary N) is 1. The minimum Gasteiger partial charge on any atom is -0.746 e. The number of benzene rings is 2. The van der Waals surface area contributed by atoms with Crippen LogP contribution in [0.4, 0.5) is 4.79 Å². The standard InChI is InChI=1S/C16H15ClN2O5S.Na/c17-14-8-19(16(20)18-15(14)25(21,22)23)10-24-9-12-6-3-5-11-4-1-2-7-13(11)12;/h1-8,15H,9-10H2,(H,18,20)(H,21,22,23);/q;+1/p-1. The summed E-state index contributed by atoms with van der Waals surface area (Å²) in [5.74, 6) is 0. The van der Waals surface area contributed by atoms with Crippen molar-refractivity contribution in [3.8, 4) is 0 Å². The third kappa shape index (κ3) is 4.77. The summed E-state index contributed by atoms with van der Waals surface area (Å²) in [5.41, 5.74) is 0.950. The maximum atomic E-state index is 11.9. The third-order valence-electron chi connectivity index (χ3n) is 3.70. The van der Waals surface area contributed by atoms with Crippen molar-refractivity contribution in [3.05, 3.63) is 59.3 Å². The van der Waals surface area contributed by atoms with E-state index in [2.05, 4.69) is 0 Å². The number of amides is 2. The summed E-state index contributed by atoms with van der Waals surface area (Å²) < 4.78 is 38.6. The Morgan fingerprint density at radius 1 is 1.19 bits per heavy atom. The van der Waals surface area contributed by atoms with Crippen LogP contribution in [0.5, 0.6) is 0 Å². The monoisotopic (exact) mass is 404 g/mol. The fourth-order valence-electron chi connectivity index (χ4n) is 2.52. The number of rotatable bonds is 5. The molecule has 2 aromatic carbocycles. The van der Waals surface area contributed by atoms with E-state index in [-0.39, 0.29) is 47.9 Å². The predicted octanol–water partition coefficient (Wildman–Crippen LogP) is -0.705. The maximum absolute atomic E-state index is 11.9. The topological polar surface area (TPSA) is 98.8 Å². The van der Waals surface area contributed by atoms with Crippen molar-refractivity contribution < 1.29 is 52.1 Å². The molecular formula is C16H14ClN2NaO5S. The van der Waals surface area contributed by atoms with Gasteiger partial charge in [-0.15, -0.1) is 0 Å². The molecule has 0 bridgehead atoms. The molecule has 1 atom stereocenters. The molecule has 1 N–H and O–H groups in total. The Kier molecular flexibility index (Phi) is 7.09. The average Bonchev–Trinajstić information content (AvgIpc) is 2.57. The van der Waals surface area contributed by atoms with Gasteiger partial charge in [0.1, 0.15) is 16.8 Å². The Labute approximate surface area is 178 Å². The predicted molar refractivity (Wildman–Crippen MR) is 91.4 cm³/mol. The van der Waals surface area contributed by atoms with Gasteiger partial charge in [-0.2, -0.15) is 0 Å². The summed E-state index contributed by atoms with van der Waals surface area (Å²) in [5, 5.41) is 2.10. The zero-order valence-corrected chi connectivity index (χ0v) is 17.5. The van der Waals surface area contributed by atoms with Crippen LogP contribution < -0.4 is 34.9 Å². The molecule has 0 saturated carbocycles. The van der Waals surface area contributed by atoms with Gasteiger partial charge in [-0.05, 0) is 16.3 Å². The smallest absolute Gasteiger partial charge is 0.746 e. The summed E-state index contributed by atoms with van der Waals surface area (Å²) in [6, 6.07) is 12.9. The molecule has 1 unspecified atom stereocenters. The molecule has 1 heterocycles. The molecule has 132 valence electrons. The van der Waals surface area contributed by atoms with Crippen LogP contribution in [-0.4, -0.2) is 36.0 Å². The molecule has 0 radical (unpaired) electrons. The van der Waals surface area contributed by atoms with E-state index in [1.54, 1.807) is 0 Å². The van der Waals surface area contributed by atoms with E-state index in [0.717, 1.165) is 27.4 Å². The Hall–Kier alpha value is -1.13. The van der Waals surface area contributed by atoms with Crippen LogP contribution in [0.25, 0.3) is 10.8 Å². The minimum absolute atomic E-state index is 0. The summed E-state index contributed by atoms with van der Waals surface area (Å²) in [6.07, 6.45) is 1.09. The van der Waals surface area contributed by atoms with Gasteiger partial charge >= 0.3 is 35.6 Å². The van der Waals surface area contributed by atoms with Crippen molar-refractivity contribution in [1.29, 1.82) is 0 Å². The second-order valence-electron chi connectivity index (χ2n) is 5.42. The van der Waals surface area contributed by atoms with Crippen LogP contribution >= 0.6 is 11.6 Å². The molecule has 0 aliphatic carbocycles. The number of nitrogens with zero attached hydrogens (tertiary/aromatic N) is 1. The van der Waals surface area contributed by atoms with Crippen molar-refractivity contribution in [1.82, 2.24) is 10.2 Å². The van der Waals surface area contributed by atoms with Crippen LogP contribution in [-0.2, 0) is 21.5 Å². The zero-order valence-electron chi connectivity index (χ0n) is 13.9. The largest absolute Gasteiger partial charge is 1.00 e. The number of carbonyl (C=O) groups excluding carboxylic acids is 1. The number of ether oxygens (including phenoxy) is 1. The van der Waals surface area contributed by atoms with E-state index >= 15 is 0 Å². The molecule has 0 saturated heterocycles. The van der Waals surface area contributed by atoms with Gasteiger partial charge in [-0.3, -0.25) is 4.90 Å². The molecule has 10 heteroatoms. The van der Waals surface area contributed by atoms with Crippen LogP contribution in [0.3, 0.4) is 0 Å². The van der Waals surface area contributed by atoms with Gasteiger partial charge < -0.3 is 14.6 Å². The summed E-state index contributed by atoms with van der Waals surface area (Å²) >= 11 is 5.77. The summed E-state index contributed by atoms with van der Waals surface area (Å²) in [4.78, 5) is 12.9. The van der Waals surface area contributed by atoms with Gasteiger partial charge in [0.25, 0.3) is 0 Å². The molecule has 0 spiro atoms. The average molecular weight is 405 g/mol. The fraction of sp³-hybridized carbons (Fsp3) is 0.188. The second kappa shape index (κ2) is 8.71. The van der Waals surface area contributed by atoms with Crippen LogP contribution in [0.2, 0.25) is 0 Å². The number of halogens is 1. The number of fused-ring (bicyclic) bond motifs is 1.